The van der Waals surface area contributed by atoms with Crippen molar-refractivity contribution in [3.8, 4) is 0 Å². The number of rotatable bonds is 9. The summed E-state index contributed by atoms with van der Waals surface area (Å²) < 4.78 is 0. The van der Waals surface area contributed by atoms with Crippen LogP contribution >= 0.6 is 0 Å². The lowest BCUT2D eigenvalue weighted by Crippen LogP contribution is -2.42. The summed E-state index contributed by atoms with van der Waals surface area (Å²) in [5.41, 5.74) is 0. The highest BCUT2D eigenvalue weighted by molar-refractivity contribution is 5.77. The number of aliphatic hydroxyl groups excluding tert-OH is 1. The second-order valence-corrected chi connectivity index (χ2v) is 4.18. The fraction of sp³-hybridized carbons (Fsp3) is 0.917. The summed E-state index contributed by atoms with van der Waals surface area (Å²) in [7, 11) is 1.77. The van der Waals surface area contributed by atoms with Crippen molar-refractivity contribution in [1.82, 2.24) is 15.1 Å². The van der Waals surface area contributed by atoms with Crippen LogP contribution in [0.2, 0.25) is 0 Å². The molecule has 0 heterocycles. The third kappa shape index (κ3) is 7.31. The van der Waals surface area contributed by atoms with Crippen molar-refractivity contribution in [3.63, 3.8) is 0 Å². The van der Waals surface area contributed by atoms with Gasteiger partial charge in [-0.2, -0.15) is 0 Å². The van der Waals surface area contributed by atoms with Gasteiger partial charge in [0.25, 0.3) is 0 Å². The van der Waals surface area contributed by atoms with Crippen LogP contribution in [0.1, 0.15) is 20.8 Å². The minimum absolute atomic E-state index is 0.0579. The zero-order valence-corrected chi connectivity index (χ0v) is 11.6. The Hall–Kier alpha value is -0.650. The lowest BCUT2D eigenvalue weighted by Gasteiger charge is -2.22. The molecule has 17 heavy (non-hydrogen) atoms. The van der Waals surface area contributed by atoms with Gasteiger partial charge in [-0.3, -0.25) is 4.79 Å². The van der Waals surface area contributed by atoms with Crippen LogP contribution in [-0.4, -0.2) is 73.2 Å². The fourth-order valence-electron chi connectivity index (χ4n) is 1.50. The molecular formula is C12H27N3O2. The first-order chi connectivity index (χ1) is 8.04. The minimum Gasteiger partial charge on any atom is -0.390 e. The first-order valence-electron chi connectivity index (χ1n) is 6.40. The van der Waals surface area contributed by atoms with Crippen molar-refractivity contribution in [2.75, 3.05) is 46.3 Å². The van der Waals surface area contributed by atoms with Gasteiger partial charge < -0.3 is 20.2 Å². The van der Waals surface area contributed by atoms with E-state index in [-0.39, 0.29) is 5.91 Å². The van der Waals surface area contributed by atoms with Gasteiger partial charge in [0.2, 0.25) is 5.91 Å². The molecule has 0 saturated heterocycles. The van der Waals surface area contributed by atoms with Crippen LogP contribution in [0.25, 0.3) is 0 Å². The van der Waals surface area contributed by atoms with Crippen molar-refractivity contribution in [2.45, 2.75) is 26.9 Å². The van der Waals surface area contributed by atoms with Gasteiger partial charge in [-0.15, -0.1) is 0 Å². The van der Waals surface area contributed by atoms with Crippen molar-refractivity contribution < 1.29 is 9.90 Å². The number of nitrogens with zero attached hydrogens (tertiary/aromatic N) is 2. The third-order valence-corrected chi connectivity index (χ3v) is 2.92. The van der Waals surface area contributed by atoms with Crippen LogP contribution in [0.15, 0.2) is 0 Å². The average molecular weight is 245 g/mol. The van der Waals surface area contributed by atoms with Gasteiger partial charge in [0.15, 0.2) is 0 Å². The molecule has 1 atom stereocenters. The maximum atomic E-state index is 11.5. The van der Waals surface area contributed by atoms with Gasteiger partial charge in [0.05, 0.1) is 12.6 Å². The Labute approximate surface area is 105 Å². The van der Waals surface area contributed by atoms with E-state index in [1.165, 1.54) is 0 Å². The Morgan fingerprint density at radius 3 is 2.29 bits per heavy atom. The molecule has 0 aromatic rings. The van der Waals surface area contributed by atoms with E-state index in [9.17, 15) is 9.90 Å². The molecule has 0 aliphatic rings. The number of carbonyl (C=O) groups is 1. The number of hydrogen-bond acceptors (Lipinski definition) is 4. The molecule has 0 bridgehead atoms. The van der Waals surface area contributed by atoms with Crippen LogP contribution < -0.4 is 5.32 Å². The number of likely N-dealkylation sites (N-methyl/N-ethyl adjacent to an activating group) is 2. The van der Waals surface area contributed by atoms with Crippen molar-refractivity contribution in [2.24, 2.45) is 0 Å². The molecule has 0 saturated carbocycles. The SMILES string of the molecule is CCN(CC)CC(O)CNCC(=O)N(C)CC. The van der Waals surface area contributed by atoms with E-state index in [2.05, 4.69) is 24.1 Å². The Morgan fingerprint density at radius 1 is 1.24 bits per heavy atom. The summed E-state index contributed by atoms with van der Waals surface area (Å²) in [5, 5.41) is 12.7. The van der Waals surface area contributed by atoms with Gasteiger partial charge >= 0.3 is 0 Å². The Morgan fingerprint density at radius 2 is 1.82 bits per heavy atom. The number of aliphatic hydroxyl groups is 1. The van der Waals surface area contributed by atoms with E-state index < -0.39 is 6.10 Å². The first kappa shape index (κ1) is 16.4. The van der Waals surface area contributed by atoms with E-state index in [4.69, 9.17) is 0 Å². The predicted octanol–water partition coefficient (Wildman–Crippen LogP) is -0.243. The fourth-order valence-corrected chi connectivity index (χ4v) is 1.50. The predicted molar refractivity (Wildman–Crippen MR) is 70.0 cm³/mol. The summed E-state index contributed by atoms with van der Waals surface area (Å²) in [4.78, 5) is 15.3. The summed E-state index contributed by atoms with van der Waals surface area (Å²) >= 11 is 0. The molecule has 2 N–H and O–H groups in total. The molecule has 0 aromatic carbocycles. The van der Waals surface area contributed by atoms with Crippen LogP contribution in [0.5, 0.6) is 0 Å². The molecule has 0 rings (SSSR count). The summed E-state index contributed by atoms with van der Waals surface area (Å²) in [6, 6.07) is 0. The highest BCUT2D eigenvalue weighted by Crippen LogP contribution is 1.91. The lowest BCUT2D eigenvalue weighted by molar-refractivity contribution is -0.128. The molecule has 5 nitrogen and oxygen atoms in total. The summed E-state index contributed by atoms with van der Waals surface area (Å²) in [6.45, 7) is 10.1. The topological polar surface area (TPSA) is 55.8 Å². The van der Waals surface area contributed by atoms with Crippen molar-refractivity contribution in [3.05, 3.63) is 0 Å². The maximum absolute atomic E-state index is 11.5. The quantitative estimate of drug-likeness (QED) is 0.588. The van der Waals surface area contributed by atoms with Gasteiger partial charge in [-0.25, -0.2) is 0 Å². The smallest absolute Gasteiger partial charge is 0.236 e. The van der Waals surface area contributed by atoms with E-state index in [0.29, 0.717) is 26.2 Å². The molecule has 1 amide bonds. The molecule has 0 spiro atoms. The molecule has 0 radical (unpaired) electrons. The standard InChI is InChI=1S/C12H27N3O2/c1-5-14(4)12(17)9-13-8-11(16)10-15(6-2)7-3/h11,13,16H,5-10H2,1-4H3. The molecule has 1 unspecified atom stereocenters. The average Bonchev–Trinajstić information content (AvgIpc) is 2.34. The normalized spacial score (nSPS) is 12.8. The summed E-state index contributed by atoms with van der Waals surface area (Å²) in [6.07, 6.45) is -0.422. The second kappa shape index (κ2) is 9.39. The second-order valence-electron chi connectivity index (χ2n) is 4.18. The maximum Gasteiger partial charge on any atom is 0.236 e. The van der Waals surface area contributed by atoms with Gasteiger partial charge in [-0.05, 0) is 20.0 Å². The Kier molecular flexibility index (Phi) is 9.03. The van der Waals surface area contributed by atoms with Crippen molar-refractivity contribution >= 4 is 5.91 Å². The number of hydrogen-bond donors (Lipinski definition) is 2. The molecule has 0 aromatic heterocycles. The number of carbonyl (C=O) groups excluding carboxylic acids is 1. The lowest BCUT2D eigenvalue weighted by atomic mass is 10.3. The summed E-state index contributed by atoms with van der Waals surface area (Å²) in [5.74, 6) is 0.0579. The first-order valence-corrected chi connectivity index (χ1v) is 6.40. The monoisotopic (exact) mass is 245 g/mol. The van der Waals surface area contributed by atoms with Gasteiger partial charge in [0, 0.05) is 26.7 Å². The Bertz CT molecular complexity index is 208. The van der Waals surface area contributed by atoms with Crippen LogP contribution in [-0.2, 0) is 4.79 Å². The minimum atomic E-state index is -0.422. The molecule has 0 aliphatic heterocycles. The van der Waals surface area contributed by atoms with E-state index in [1.807, 2.05) is 6.92 Å². The van der Waals surface area contributed by atoms with E-state index >= 15 is 0 Å². The molecule has 0 fully saturated rings. The van der Waals surface area contributed by atoms with Crippen LogP contribution in [0, 0.1) is 0 Å². The number of amides is 1. The zero-order valence-electron chi connectivity index (χ0n) is 11.6. The van der Waals surface area contributed by atoms with Crippen molar-refractivity contribution in [1.29, 1.82) is 0 Å². The largest absolute Gasteiger partial charge is 0.390 e. The molecular weight excluding hydrogens is 218 g/mol. The zero-order chi connectivity index (χ0) is 13.3. The molecule has 102 valence electrons. The Balaban J connectivity index is 3.70. The molecule has 5 heteroatoms. The van der Waals surface area contributed by atoms with E-state index in [0.717, 1.165) is 13.1 Å². The van der Waals surface area contributed by atoms with E-state index in [1.54, 1.807) is 11.9 Å². The highest BCUT2D eigenvalue weighted by atomic mass is 16.3. The third-order valence-electron chi connectivity index (χ3n) is 2.92. The molecule has 0 aliphatic carbocycles. The van der Waals surface area contributed by atoms with Crippen LogP contribution in [0.4, 0.5) is 0 Å². The van der Waals surface area contributed by atoms with Crippen LogP contribution in [0.3, 0.4) is 0 Å². The highest BCUT2D eigenvalue weighted by Gasteiger charge is 2.10. The van der Waals surface area contributed by atoms with Gasteiger partial charge in [0.1, 0.15) is 0 Å². The van der Waals surface area contributed by atoms with Gasteiger partial charge in [-0.1, -0.05) is 13.8 Å². The number of nitrogens with one attached hydrogen (secondary N) is 1.